The van der Waals surface area contributed by atoms with Gasteiger partial charge in [-0.1, -0.05) is 12.1 Å². The average Bonchev–Trinajstić information content (AvgIpc) is 2.96. The maximum Gasteiger partial charge on any atom is 0.248 e. The van der Waals surface area contributed by atoms with Crippen molar-refractivity contribution < 1.29 is 4.79 Å². The van der Waals surface area contributed by atoms with E-state index in [-0.39, 0.29) is 5.91 Å². The Morgan fingerprint density at radius 2 is 2.14 bits per heavy atom. The van der Waals surface area contributed by atoms with Crippen LogP contribution >= 0.6 is 23.1 Å². The van der Waals surface area contributed by atoms with Crippen molar-refractivity contribution in [3.63, 3.8) is 0 Å². The molecule has 0 unspecified atom stereocenters. The first kappa shape index (κ1) is 14.7. The summed E-state index contributed by atoms with van der Waals surface area (Å²) in [6, 6.07) is 11.6. The number of fused-ring (bicyclic) bond motifs is 1. The summed E-state index contributed by atoms with van der Waals surface area (Å²) in [5.41, 5.74) is 1.63. The number of carbonyl (C=O) groups excluding carboxylic acids is 1. The Kier molecular flexibility index (Phi) is 4.50. The van der Waals surface area contributed by atoms with Crippen LogP contribution in [0.5, 0.6) is 0 Å². The monoisotopic (exact) mass is 327 g/mol. The van der Waals surface area contributed by atoms with Crippen LogP contribution in [-0.2, 0) is 4.79 Å². The van der Waals surface area contributed by atoms with Crippen LogP contribution < -0.4 is 5.32 Å². The van der Waals surface area contributed by atoms with Crippen LogP contribution in [0.3, 0.4) is 0 Å². The minimum absolute atomic E-state index is 0.196. The number of benzene rings is 1. The van der Waals surface area contributed by atoms with Gasteiger partial charge < -0.3 is 5.32 Å². The first-order valence-corrected chi connectivity index (χ1v) is 8.63. The number of nitrogens with zero attached hydrogens (tertiary/aromatic N) is 2. The highest BCUT2D eigenvalue weighted by Crippen LogP contribution is 2.22. The lowest BCUT2D eigenvalue weighted by Gasteiger charge is -2.01. The zero-order valence-electron chi connectivity index (χ0n) is 11.8. The van der Waals surface area contributed by atoms with E-state index in [1.54, 1.807) is 35.4 Å². The lowest BCUT2D eigenvalue weighted by molar-refractivity contribution is -0.111. The van der Waals surface area contributed by atoms with Gasteiger partial charge in [-0.2, -0.15) is 0 Å². The van der Waals surface area contributed by atoms with Crippen molar-refractivity contribution >= 4 is 51.0 Å². The van der Waals surface area contributed by atoms with E-state index in [0.29, 0.717) is 5.69 Å². The standard InChI is InChI=1S/C16H13N3OS2/c1-21-15-8-6-11(10-17-15)18-14(20)7-9-16-19-12-4-2-3-5-13(12)22-16/h2-10H,1H3,(H,18,20)/b9-7+. The van der Waals surface area contributed by atoms with Crippen molar-refractivity contribution in [1.82, 2.24) is 9.97 Å². The molecule has 0 aliphatic rings. The van der Waals surface area contributed by atoms with Crippen LogP contribution in [0.4, 0.5) is 5.69 Å². The molecule has 1 aromatic carbocycles. The van der Waals surface area contributed by atoms with Gasteiger partial charge in [-0.15, -0.1) is 23.1 Å². The van der Waals surface area contributed by atoms with E-state index in [9.17, 15) is 4.79 Å². The number of rotatable bonds is 4. The highest BCUT2D eigenvalue weighted by atomic mass is 32.2. The molecule has 6 heteroatoms. The van der Waals surface area contributed by atoms with Gasteiger partial charge in [0.25, 0.3) is 0 Å². The molecule has 3 aromatic rings. The molecular weight excluding hydrogens is 314 g/mol. The van der Waals surface area contributed by atoms with Gasteiger partial charge in [0.2, 0.25) is 5.91 Å². The minimum Gasteiger partial charge on any atom is -0.321 e. The number of hydrogen-bond donors (Lipinski definition) is 1. The number of amides is 1. The summed E-state index contributed by atoms with van der Waals surface area (Å²) in [5.74, 6) is -0.196. The first-order valence-electron chi connectivity index (χ1n) is 6.59. The molecule has 0 bridgehead atoms. The fourth-order valence-corrected chi connectivity index (χ4v) is 3.10. The van der Waals surface area contributed by atoms with Crippen LogP contribution in [0.15, 0.2) is 53.7 Å². The minimum atomic E-state index is -0.196. The number of aromatic nitrogens is 2. The molecule has 4 nitrogen and oxygen atoms in total. The molecule has 3 rings (SSSR count). The van der Waals surface area contributed by atoms with Gasteiger partial charge in [0.05, 0.1) is 27.1 Å². The van der Waals surface area contributed by atoms with Gasteiger partial charge in [-0.25, -0.2) is 9.97 Å². The van der Waals surface area contributed by atoms with E-state index in [0.717, 1.165) is 20.3 Å². The highest BCUT2D eigenvalue weighted by molar-refractivity contribution is 7.98. The highest BCUT2D eigenvalue weighted by Gasteiger charge is 2.02. The van der Waals surface area contributed by atoms with E-state index in [1.807, 2.05) is 42.7 Å². The van der Waals surface area contributed by atoms with Crippen LogP contribution in [0, 0.1) is 0 Å². The molecule has 0 saturated heterocycles. The van der Waals surface area contributed by atoms with Crippen LogP contribution in [0.2, 0.25) is 0 Å². The van der Waals surface area contributed by atoms with Gasteiger partial charge in [-0.05, 0) is 36.6 Å². The number of pyridine rings is 1. The summed E-state index contributed by atoms with van der Waals surface area (Å²) < 4.78 is 1.11. The maximum absolute atomic E-state index is 11.9. The number of anilines is 1. The number of nitrogens with one attached hydrogen (secondary N) is 1. The van der Waals surface area contributed by atoms with Crippen molar-refractivity contribution in [1.29, 1.82) is 0 Å². The topological polar surface area (TPSA) is 54.9 Å². The number of thioether (sulfide) groups is 1. The van der Waals surface area contributed by atoms with Crippen molar-refractivity contribution in [2.45, 2.75) is 5.03 Å². The second-order valence-electron chi connectivity index (χ2n) is 4.43. The number of carbonyl (C=O) groups is 1. The smallest absolute Gasteiger partial charge is 0.248 e. The number of thiazole rings is 1. The Bertz CT molecular complexity index is 792. The van der Waals surface area contributed by atoms with Crippen LogP contribution in [-0.4, -0.2) is 22.1 Å². The second-order valence-corrected chi connectivity index (χ2v) is 6.32. The molecule has 2 aromatic heterocycles. The molecule has 0 aliphatic heterocycles. The molecule has 0 aliphatic carbocycles. The Morgan fingerprint density at radius 3 is 2.86 bits per heavy atom. The number of hydrogen-bond acceptors (Lipinski definition) is 5. The largest absolute Gasteiger partial charge is 0.321 e. The summed E-state index contributed by atoms with van der Waals surface area (Å²) in [4.78, 5) is 20.6. The molecular formula is C16H13N3OS2. The Balaban J connectivity index is 1.67. The van der Waals surface area contributed by atoms with Gasteiger partial charge >= 0.3 is 0 Å². The van der Waals surface area contributed by atoms with Gasteiger partial charge in [0.15, 0.2) is 0 Å². The third-order valence-corrected chi connectivity index (χ3v) is 4.56. The van der Waals surface area contributed by atoms with Gasteiger partial charge in [0.1, 0.15) is 5.01 Å². The molecule has 0 fully saturated rings. The SMILES string of the molecule is CSc1ccc(NC(=O)/C=C/c2nc3ccccc3s2)cn1. The van der Waals surface area contributed by atoms with Gasteiger partial charge in [0, 0.05) is 6.08 Å². The van der Waals surface area contributed by atoms with Crippen molar-refractivity contribution in [3.05, 3.63) is 53.7 Å². The van der Waals surface area contributed by atoms with E-state index in [4.69, 9.17) is 0 Å². The fourth-order valence-electron chi connectivity index (χ4n) is 1.87. The fraction of sp³-hybridized carbons (Fsp3) is 0.0625. The van der Waals surface area contributed by atoms with Crippen molar-refractivity contribution in [2.24, 2.45) is 0 Å². The van der Waals surface area contributed by atoms with Crippen LogP contribution in [0.25, 0.3) is 16.3 Å². The average molecular weight is 327 g/mol. The first-order chi connectivity index (χ1) is 10.7. The van der Waals surface area contributed by atoms with E-state index >= 15 is 0 Å². The van der Waals surface area contributed by atoms with Crippen molar-refractivity contribution in [3.8, 4) is 0 Å². The molecule has 0 saturated carbocycles. The van der Waals surface area contributed by atoms with Crippen molar-refractivity contribution in [2.75, 3.05) is 11.6 Å². The second kappa shape index (κ2) is 6.72. The summed E-state index contributed by atoms with van der Waals surface area (Å²) >= 11 is 3.12. The Hall–Kier alpha value is -2.18. The summed E-state index contributed by atoms with van der Waals surface area (Å²) in [6.45, 7) is 0. The lowest BCUT2D eigenvalue weighted by atomic mass is 10.3. The normalized spacial score (nSPS) is 11.1. The summed E-state index contributed by atoms with van der Waals surface area (Å²) in [5, 5.41) is 4.51. The van der Waals surface area contributed by atoms with E-state index < -0.39 is 0 Å². The third kappa shape index (κ3) is 3.52. The zero-order valence-corrected chi connectivity index (χ0v) is 13.4. The Morgan fingerprint density at radius 1 is 1.27 bits per heavy atom. The van der Waals surface area contributed by atoms with Crippen LogP contribution in [0.1, 0.15) is 5.01 Å². The predicted octanol–water partition coefficient (Wildman–Crippen LogP) is 4.07. The summed E-state index contributed by atoms with van der Waals surface area (Å²) in [7, 11) is 0. The summed E-state index contributed by atoms with van der Waals surface area (Å²) in [6.07, 6.45) is 6.82. The zero-order chi connectivity index (χ0) is 15.4. The Labute approximate surface area is 136 Å². The van der Waals surface area contributed by atoms with E-state index in [1.165, 1.54) is 6.08 Å². The molecule has 0 radical (unpaired) electrons. The molecule has 1 N–H and O–H groups in total. The molecule has 110 valence electrons. The maximum atomic E-state index is 11.9. The third-order valence-electron chi connectivity index (χ3n) is 2.90. The molecule has 0 spiro atoms. The molecule has 0 atom stereocenters. The molecule has 2 heterocycles. The van der Waals surface area contributed by atoms with Gasteiger partial charge in [-0.3, -0.25) is 4.79 Å². The predicted molar refractivity (Wildman–Crippen MR) is 93.3 cm³/mol. The van der Waals surface area contributed by atoms with E-state index in [2.05, 4.69) is 15.3 Å². The molecule has 22 heavy (non-hydrogen) atoms. The lowest BCUT2D eigenvalue weighted by Crippen LogP contribution is -2.07. The molecule has 1 amide bonds. The quantitative estimate of drug-likeness (QED) is 0.580. The number of para-hydroxylation sites is 1.